The first-order valence-electron chi connectivity index (χ1n) is 8.98. The summed E-state index contributed by atoms with van der Waals surface area (Å²) in [5, 5.41) is 12.0. The molecule has 0 saturated heterocycles. The van der Waals surface area contributed by atoms with E-state index in [1.54, 1.807) is 34.6 Å². The Morgan fingerprint density at radius 1 is 1.14 bits per heavy atom. The molecule has 0 radical (unpaired) electrons. The fourth-order valence-corrected chi connectivity index (χ4v) is 3.03. The van der Waals surface area contributed by atoms with E-state index in [-0.39, 0.29) is 22.9 Å². The Kier molecular flexibility index (Phi) is 7.79. The summed E-state index contributed by atoms with van der Waals surface area (Å²) in [5.41, 5.74) is -0.738. The van der Waals surface area contributed by atoms with Gasteiger partial charge in [-0.3, -0.25) is 0 Å². The van der Waals surface area contributed by atoms with E-state index in [1.165, 1.54) is 24.3 Å². The van der Waals surface area contributed by atoms with Gasteiger partial charge in [0.2, 0.25) is 0 Å². The van der Waals surface area contributed by atoms with Crippen molar-refractivity contribution in [1.29, 1.82) is 0 Å². The van der Waals surface area contributed by atoms with Crippen LogP contribution >= 0.6 is 0 Å². The number of urea groups is 1. The minimum atomic E-state index is -3.41. The Hall–Kier alpha value is -2.62. The molecule has 3 amide bonds. The zero-order chi connectivity index (χ0) is 22.6. The first kappa shape index (κ1) is 24.4. The molecule has 162 valence electrons. The van der Waals surface area contributed by atoms with E-state index < -0.39 is 39.6 Å². The quantitative estimate of drug-likeness (QED) is 0.710. The van der Waals surface area contributed by atoms with Crippen LogP contribution in [0.5, 0.6) is 0 Å². The first-order chi connectivity index (χ1) is 13.1. The smallest absolute Gasteiger partial charge is 0.419 e. The molecule has 0 bridgehead atoms. The largest absolute Gasteiger partial charge is 0.480 e. The molecule has 1 aromatic carbocycles. The Balaban J connectivity index is 3.21. The maximum atomic E-state index is 12.8. The Labute approximate surface area is 171 Å². The highest BCUT2D eigenvalue weighted by Gasteiger charge is 2.38. The summed E-state index contributed by atoms with van der Waals surface area (Å²) in [5.74, 6) is -1.45. The lowest BCUT2D eigenvalue weighted by atomic mass is 10.0. The molecule has 29 heavy (non-hydrogen) atoms. The van der Waals surface area contributed by atoms with Crippen molar-refractivity contribution in [2.24, 2.45) is 5.92 Å². The minimum absolute atomic E-state index is 0.0367. The zero-order valence-corrected chi connectivity index (χ0v) is 18.2. The maximum absolute atomic E-state index is 12.8. The van der Waals surface area contributed by atoms with Gasteiger partial charge in [0.15, 0.2) is 9.84 Å². The Morgan fingerprint density at radius 3 is 2.03 bits per heavy atom. The third-order valence-electron chi connectivity index (χ3n) is 3.63. The van der Waals surface area contributed by atoms with Crippen molar-refractivity contribution < 1.29 is 32.6 Å². The van der Waals surface area contributed by atoms with E-state index >= 15 is 0 Å². The normalized spacial score (nSPS) is 12.9. The van der Waals surface area contributed by atoms with Crippen molar-refractivity contribution in [2.45, 2.75) is 57.6 Å². The molecule has 2 N–H and O–H groups in total. The van der Waals surface area contributed by atoms with Crippen molar-refractivity contribution in [1.82, 2.24) is 4.90 Å². The van der Waals surface area contributed by atoms with Gasteiger partial charge in [-0.2, -0.15) is 0 Å². The van der Waals surface area contributed by atoms with Crippen LogP contribution in [-0.4, -0.2) is 54.4 Å². The van der Waals surface area contributed by atoms with E-state index in [1.807, 2.05) is 0 Å². The molecule has 0 heterocycles. The number of hydrogen-bond donors (Lipinski definition) is 2. The van der Waals surface area contributed by atoms with Crippen LogP contribution in [0.2, 0.25) is 0 Å². The van der Waals surface area contributed by atoms with E-state index in [0.717, 1.165) is 6.26 Å². The second kappa shape index (κ2) is 9.25. The number of carboxylic acids is 1. The molecule has 0 aliphatic rings. The number of carbonyl (C=O) groups excluding carboxylic acids is 2. The molecule has 0 unspecified atom stereocenters. The van der Waals surface area contributed by atoms with E-state index in [9.17, 15) is 27.9 Å². The number of ether oxygens (including phenoxy) is 1. The Morgan fingerprint density at radius 2 is 1.66 bits per heavy atom. The highest BCUT2D eigenvalue weighted by atomic mass is 32.2. The highest BCUT2D eigenvalue weighted by Crippen LogP contribution is 2.20. The van der Waals surface area contributed by atoms with Crippen LogP contribution in [0.15, 0.2) is 29.2 Å². The van der Waals surface area contributed by atoms with Gasteiger partial charge in [0.05, 0.1) is 4.90 Å². The maximum Gasteiger partial charge on any atom is 0.419 e. The van der Waals surface area contributed by atoms with Gasteiger partial charge in [-0.15, -0.1) is 0 Å². The van der Waals surface area contributed by atoms with Gasteiger partial charge in [0.1, 0.15) is 11.6 Å². The molecular weight excluding hydrogens is 400 g/mol. The third kappa shape index (κ3) is 7.72. The summed E-state index contributed by atoms with van der Waals surface area (Å²) in [6.45, 7) is 8.34. The number of amides is 3. The van der Waals surface area contributed by atoms with E-state index in [4.69, 9.17) is 4.74 Å². The second-order valence-electron chi connectivity index (χ2n) is 8.06. The molecule has 10 heteroatoms. The number of rotatable bonds is 6. The van der Waals surface area contributed by atoms with Gasteiger partial charge in [0, 0.05) is 11.9 Å². The fourth-order valence-electron chi connectivity index (χ4n) is 2.40. The van der Waals surface area contributed by atoms with Crippen LogP contribution in [0.25, 0.3) is 0 Å². The van der Waals surface area contributed by atoms with Gasteiger partial charge in [0.25, 0.3) is 0 Å². The second-order valence-corrected chi connectivity index (χ2v) is 10.1. The molecule has 1 rings (SSSR count). The van der Waals surface area contributed by atoms with Crippen molar-refractivity contribution in [3.63, 3.8) is 0 Å². The molecule has 0 aliphatic carbocycles. The van der Waals surface area contributed by atoms with Crippen molar-refractivity contribution >= 4 is 33.6 Å². The number of carbonyl (C=O) groups is 3. The molecule has 0 saturated carbocycles. The lowest BCUT2D eigenvalue weighted by Crippen LogP contribution is -2.52. The summed E-state index contributed by atoms with van der Waals surface area (Å²) >= 11 is 0. The van der Waals surface area contributed by atoms with Crippen molar-refractivity contribution in [2.75, 3.05) is 11.6 Å². The lowest BCUT2D eigenvalue weighted by molar-refractivity contribution is -0.142. The number of imide groups is 1. The highest BCUT2D eigenvalue weighted by molar-refractivity contribution is 7.90. The van der Waals surface area contributed by atoms with Crippen LogP contribution in [0, 0.1) is 5.92 Å². The molecule has 0 spiro atoms. The molecule has 1 atom stereocenters. The molecule has 9 nitrogen and oxygen atoms in total. The van der Waals surface area contributed by atoms with E-state index in [2.05, 4.69) is 5.32 Å². The van der Waals surface area contributed by atoms with Crippen LogP contribution in [0.4, 0.5) is 15.3 Å². The molecular formula is C19H28N2O7S. The van der Waals surface area contributed by atoms with Crippen LogP contribution in [-0.2, 0) is 19.4 Å². The van der Waals surface area contributed by atoms with Gasteiger partial charge in [-0.05, 0) is 57.4 Å². The van der Waals surface area contributed by atoms with Gasteiger partial charge in [-0.25, -0.2) is 27.7 Å². The van der Waals surface area contributed by atoms with Crippen molar-refractivity contribution in [3.05, 3.63) is 24.3 Å². The molecule has 0 aliphatic heterocycles. The predicted octanol–water partition coefficient (Wildman–Crippen LogP) is 3.36. The van der Waals surface area contributed by atoms with Gasteiger partial charge < -0.3 is 15.2 Å². The number of hydrogen-bond acceptors (Lipinski definition) is 6. The topological polar surface area (TPSA) is 130 Å². The summed E-state index contributed by atoms with van der Waals surface area (Å²) in [7, 11) is -3.41. The van der Waals surface area contributed by atoms with E-state index in [0.29, 0.717) is 4.90 Å². The predicted molar refractivity (Wildman–Crippen MR) is 108 cm³/mol. The minimum Gasteiger partial charge on any atom is -0.480 e. The average Bonchev–Trinajstić information content (AvgIpc) is 2.51. The summed E-state index contributed by atoms with van der Waals surface area (Å²) < 4.78 is 28.3. The number of nitrogens with one attached hydrogen (secondary N) is 1. The zero-order valence-electron chi connectivity index (χ0n) is 17.4. The van der Waals surface area contributed by atoms with Crippen LogP contribution < -0.4 is 5.32 Å². The molecule has 0 aromatic heterocycles. The van der Waals surface area contributed by atoms with Gasteiger partial charge in [-0.1, -0.05) is 13.8 Å². The van der Waals surface area contributed by atoms with Gasteiger partial charge >= 0.3 is 18.1 Å². The summed E-state index contributed by atoms with van der Waals surface area (Å²) in [6.07, 6.45) is -0.000698. The monoisotopic (exact) mass is 428 g/mol. The number of anilines is 1. The number of nitrogens with zero attached hydrogens (tertiary/aromatic N) is 1. The van der Waals surface area contributed by atoms with Crippen LogP contribution in [0.1, 0.15) is 41.0 Å². The fraction of sp³-hybridized carbons (Fsp3) is 0.526. The molecule has 0 fully saturated rings. The SMILES string of the molecule is CC(C)C[C@@H](C(=O)O)N(C(=O)Nc1ccc(S(C)(=O)=O)cc1)C(=O)OC(C)(C)C. The average molecular weight is 429 g/mol. The number of aliphatic carboxylic acids is 1. The van der Waals surface area contributed by atoms with Crippen LogP contribution in [0.3, 0.4) is 0 Å². The standard InChI is InChI=1S/C19H28N2O7S/c1-12(2)11-15(16(22)23)21(18(25)28-19(3,4)5)17(24)20-13-7-9-14(10-8-13)29(6,26)27/h7-10,12,15H,11H2,1-6H3,(H,20,24)(H,22,23)/t15-/m0/s1. The number of sulfone groups is 1. The summed E-state index contributed by atoms with van der Waals surface area (Å²) in [4.78, 5) is 37.7. The molecule has 1 aromatic rings. The van der Waals surface area contributed by atoms with Crippen molar-refractivity contribution in [3.8, 4) is 0 Å². The number of carboxylic acid groups (broad SMARTS) is 1. The third-order valence-corrected chi connectivity index (χ3v) is 4.76. The lowest BCUT2D eigenvalue weighted by Gasteiger charge is -2.30. The first-order valence-corrected chi connectivity index (χ1v) is 10.9. The Bertz CT molecular complexity index is 856. The number of benzene rings is 1. The summed E-state index contributed by atoms with van der Waals surface area (Å²) in [6, 6.07) is 2.87.